The summed E-state index contributed by atoms with van der Waals surface area (Å²) in [5.74, 6) is 0.784. The topological polar surface area (TPSA) is 26.0 Å². The molecule has 0 amide bonds. The van der Waals surface area contributed by atoms with Gasteiger partial charge in [-0.1, -0.05) is 53.5 Å². The molecule has 0 bridgehead atoms. The normalized spacial score (nSPS) is 11.3. The monoisotopic (exact) mass is 450 g/mol. The van der Waals surface area contributed by atoms with Crippen LogP contribution in [0.5, 0.6) is 0 Å². The fourth-order valence-corrected chi connectivity index (χ4v) is 3.50. The molecule has 4 nitrogen and oxygen atoms in total. The van der Waals surface area contributed by atoms with Crippen LogP contribution in [0.25, 0.3) is 17.1 Å². The van der Waals surface area contributed by atoms with Crippen LogP contribution in [0.2, 0.25) is 5.02 Å². The minimum Gasteiger partial charge on any atom is -0.285 e. The Morgan fingerprint density at radius 1 is 1.12 bits per heavy atom. The summed E-state index contributed by atoms with van der Waals surface area (Å²) >= 11 is 15.5. The van der Waals surface area contributed by atoms with Crippen molar-refractivity contribution in [3.05, 3.63) is 62.8 Å². The average molecular weight is 452 g/mol. The fourth-order valence-electron chi connectivity index (χ4n) is 2.75. The first-order chi connectivity index (χ1) is 12.5. The van der Waals surface area contributed by atoms with Crippen LogP contribution in [0.3, 0.4) is 0 Å². The highest BCUT2D eigenvalue weighted by molar-refractivity contribution is 9.10. The molecule has 1 aromatic heterocycles. The van der Waals surface area contributed by atoms with Gasteiger partial charge in [-0.25, -0.2) is 4.68 Å². The highest BCUT2D eigenvalue weighted by Crippen LogP contribution is 2.26. The van der Waals surface area contributed by atoms with Crippen molar-refractivity contribution in [3.63, 3.8) is 0 Å². The first-order valence-corrected chi connectivity index (χ1v) is 10.1. The molecule has 0 atom stereocenters. The Labute approximate surface area is 172 Å². The van der Waals surface area contributed by atoms with Crippen molar-refractivity contribution >= 4 is 39.7 Å². The van der Waals surface area contributed by atoms with E-state index in [-0.39, 0.29) is 0 Å². The quantitative estimate of drug-likeness (QED) is 0.444. The Bertz CT molecular complexity index is 945. The molecule has 0 N–H and O–H groups in total. The number of benzene rings is 2. The second-order valence-corrected chi connectivity index (χ2v) is 7.59. The van der Waals surface area contributed by atoms with Gasteiger partial charge < -0.3 is 0 Å². The molecule has 3 rings (SSSR count). The first kappa shape index (κ1) is 19.3. The summed E-state index contributed by atoms with van der Waals surface area (Å²) in [6.45, 7) is 6.81. The van der Waals surface area contributed by atoms with Gasteiger partial charge in [-0.05, 0) is 61.7 Å². The molecule has 0 saturated carbocycles. The molecule has 2 aromatic carbocycles. The van der Waals surface area contributed by atoms with Crippen LogP contribution in [-0.2, 0) is 6.67 Å². The van der Waals surface area contributed by atoms with Gasteiger partial charge in [0.25, 0.3) is 0 Å². The summed E-state index contributed by atoms with van der Waals surface area (Å²) in [5, 5.41) is 5.49. The van der Waals surface area contributed by atoms with E-state index in [1.165, 1.54) is 0 Å². The zero-order valence-electron chi connectivity index (χ0n) is 14.7. The van der Waals surface area contributed by atoms with Crippen LogP contribution in [-0.4, -0.2) is 32.3 Å². The molecule has 0 saturated heterocycles. The summed E-state index contributed by atoms with van der Waals surface area (Å²) in [6, 6.07) is 15.7. The van der Waals surface area contributed by atoms with Gasteiger partial charge in [0.2, 0.25) is 4.77 Å². The molecule has 0 aliphatic rings. The van der Waals surface area contributed by atoms with Crippen LogP contribution in [0.1, 0.15) is 13.8 Å². The molecule has 0 aliphatic carbocycles. The molecule has 26 heavy (non-hydrogen) atoms. The lowest BCUT2D eigenvalue weighted by Gasteiger charge is -2.17. The van der Waals surface area contributed by atoms with Crippen molar-refractivity contribution in [3.8, 4) is 17.1 Å². The fraction of sp³-hybridized carbons (Fsp3) is 0.263. The highest BCUT2D eigenvalue weighted by Gasteiger charge is 2.16. The summed E-state index contributed by atoms with van der Waals surface area (Å²) in [7, 11) is 0. The molecular formula is C19H20BrClN4S. The van der Waals surface area contributed by atoms with Crippen LogP contribution >= 0.6 is 39.7 Å². The number of nitrogens with zero attached hydrogens (tertiary/aromatic N) is 4. The number of halogens is 2. The predicted molar refractivity (Wildman–Crippen MR) is 113 cm³/mol. The zero-order valence-corrected chi connectivity index (χ0v) is 17.9. The largest absolute Gasteiger partial charge is 0.285 e. The summed E-state index contributed by atoms with van der Waals surface area (Å²) < 4.78 is 5.55. The Balaban J connectivity index is 2.17. The Kier molecular flexibility index (Phi) is 6.29. The summed E-state index contributed by atoms with van der Waals surface area (Å²) in [6.07, 6.45) is 0. The molecule has 0 fully saturated rings. The lowest BCUT2D eigenvalue weighted by Crippen LogP contribution is -2.26. The maximum absolute atomic E-state index is 6.21. The summed E-state index contributed by atoms with van der Waals surface area (Å²) in [5.41, 5.74) is 1.91. The first-order valence-electron chi connectivity index (χ1n) is 8.47. The van der Waals surface area contributed by atoms with Gasteiger partial charge in [0.05, 0.1) is 12.4 Å². The molecular weight excluding hydrogens is 432 g/mol. The zero-order chi connectivity index (χ0) is 18.7. The Morgan fingerprint density at radius 2 is 1.81 bits per heavy atom. The highest BCUT2D eigenvalue weighted by atomic mass is 79.9. The molecule has 7 heteroatoms. The maximum atomic E-state index is 6.21. The van der Waals surface area contributed by atoms with Gasteiger partial charge in [-0.3, -0.25) is 9.47 Å². The third-order valence-corrected chi connectivity index (χ3v) is 5.39. The number of hydrogen-bond donors (Lipinski definition) is 0. The minimum absolute atomic E-state index is 0.656. The maximum Gasteiger partial charge on any atom is 0.204 e. The van der Waals surface area contributed by atoms with Crippen molar-refractivity contribution in [1.82, 2.24) is 19.2 Å². The van der Waals surface area contributed by atoms with Gasteiger partial charge in [-0.2, -0.15) is 0 Å². The van der Waals surface area contributed by atoms with E-state index in [4.69, 9.17) is 28.9 Å². The average Bonchev–Trinajstić information content (AvgIpc) is 2.97. The van der Waals surface area contributed by atoms with E-state index in [0.29, 0.717) is 16.5 Å². The second-order valence-electron chi connectivity index (χ2n) is 5.87. The van der Waals surface area contributed by atoms with Gasteiger partial charge >= 0.3 is 0 Å². The van der Waals surface area contributed by atoms with E-state index in [1.54, 1.807) is 0 Å². The molecule has 0 unspecified atom stereocenters. The number of rotatable bonds is 6. The van der Waals surface area contributed by atoms with Crippen molar-refractivity contribution in [2.45, 2.75) is 20.5 Å². The lowest BCUT2D eigenvalue weighted by molar-refractivity contribution is 0.227. The molecule has 1 heterocycles. The van der Waals surface area contributed by atoms with E-state index in [9.17, 15) is 0 Å². The third-order valence-electron chi connectivity index (χ3n) is 4.24. The predicted octanol–water partition coefficient (Wildman–Crippen LogP) is 5.79. The molecule has 136 valence electrons. The summed E-state index contributed by atoms with van der Waals surface area (Å²) in [4.78, 5) is 2.27. The smallest absolute Gasteiger partial charge is 0.204 e. The lowest BCUT2D eigenvalue weighted by atomic mass is 10.2. The molecule has 0 aliphatic heterocycles. The van der Waals surface area contributed by atoms with E-state index in [0.717, 1.165) is 34.6 Å². The van der Waals surface area contributed by atoms with Crippen molar-refractivity contribution < 1.29 is 0 Å². The SMILES string of the molecule is CCN(CC)Cn1nc(-c2cccc(Cl)c2)n(-c2ccc(Br)cc2)c1=S. The Hall–Kier alpha value is -1.47. The van der Waals surface area contributed by atoms with Gasteiger partial charge in [0.15, 0.2) is 5.82 Å². The number of hydrogen-bond acceptors (Lipinski definition) is 3. The van der Waals surface area contributed by atoms with Crippen molar-refractivity contribution in [2.75, 3.05) is 13.1 Å². The second kappa shape index (κ2) is 8.48. The Morgan fingerprint density at radius 3 is 2.42 bits per heavy atom. The van der Waals surface area contributed by atoms with E-state index in [2.05, 4.69) is 34.7 Å². The van der Waals surface area contributed by atoms with Gasteiger partial charge in [0.1, 0.15) is 0 Å². The standard InChI is InChI=1S/C19H20BrClN4S/c1-3-23(4-2)13-24-19(26)25(17-10-8-15(20)9-11-17)18(22-24)14-6-5-7-16(21)12-14/h5-12H,3-4,13H2,1-2H3. The molecule has 3 aromatic rings. The van der Waals surface area contributed by atoms with Gasteiger partial charge in [-0.15, -0.1) is 5.10 Å². The molecule has 0 radical (unpaired) electrons. The van der Waals surface area contributed by atoms with Crippen LogP contribution in [0, 0.1) is 4.77 Å². The van der Waals surface area contributed by atoms with Crippen molar-refractivity contribution in [2.24, 2.45) is 0 Å². The van der Waals surface area contributed by atoms with E-state index < -0.39 is 0 Å². The van der Waals surface area contributed by atoms with Crippen molar-refractivity contribution in [1.29, 1.82) is 0 Å². The molecule has 0 spiro atoms. The third kappa shape index (κ3) is 4.09. The van der Waals surface area contributed by atoms with E-state index in [1.807, 2.05) is 57.8 Å². The van der Waals surface area contributed by atoms with E-state index >= 15 is 0 Å². The minimum atomic E-state index is 0.656. The van der Waals surface area contributed by atoms with Gasteiger partial charge in [0, 0.05) is 15.1 Å². The van der Waals surface area contributed by atoms with Crippen LogP contribution < -0.4 is 0 Å². The van der Waals surface area contributed by atoms with Crippen LogP contribution in [0.15, 0.2) is 53.0 Å². The number of aromatic nitrogens is 3. The van der Waals surface area contributed by atoms with Crippen LogP contribution in [0.4, 0.5) is 0 Å².